The van der Waals surface area contributed by atoms with Crippen LogP contribution in [-0.2, 0) is 16.1 Å². The molecule has 7 heteroatoms. The molecule has 6 nitrogen and oxygen atoms in total. The summed E-state index contributed by atoms with van der Waals surface area (Å²) >= 11 is 2.12. The van der Waals surface area contributed by atoms with Crippen LogP contribution in [0.5, 0.6) is 0 Å². The lowest BCUT2D eigenvalue weighted by Crippen LogP contribution is -2.38. The van der Waals surface area contributed by atoms with Crippen LogP contribution in [0.3, 0.4) is 0 Å². The van der Waals surface area contributed by atoms with Gasteiger partial charge in [-0.1, -0.05) is 59.0 Å². The molecule has 0 radical (unpaired) electrons. The molecule has 0 aliphatic heterocycles. The number of alkyl carbamates (subject to hydrolysis) is 2. The summed E-state index contributed by atoms with van der Waals surface area (Å²) in [7, 11) is 0. The summed E-state index contributed by atoms with van der Waals surface area (Å²) in [5.74, 6) is 0. The van der Waals surface area contributed by atoms with Gasteiger partial charge in [0, 0.05) is 6.54 Å². The summed E-state index contributed by atoms with van der Waals surface area (Å²) < 4.78 is 12.3. The summed E-state index contributed by atoms with van der Waals surface area (Å²) in [6, 6.07) is 9.45. The maximum absolute atomic E-state index is 11.9. The highest BCUT2D eigenvalue weighted by atomic mass is 127. The number of hydrogen-bond donors (Lipinski definition) is 2. The van der Waals surface area contributed by atoms with Gasteiger partial charge in [0.05, 0.1) is 6.04 Å². The Morgan fingerprint density at radius 3 is 2.48 bits per heavy atom. The van der Waals surface area contributed by atoms with Gasteiger partial charge in [-0.05, 0) is 49.7 Å². The van der Waals surface area contributed by atoms with E-state index in [0.717, 1.165) is 24.8 Å². The number of unbranched alkanes of at least 4 members (excludes halogenated alkanes) is 1. The summed E-state index contributed by atoms with van der Waals surface area (Å²) in [6.45, 7) is 6.28. The molecule has 2 N–H and O–H groups in total. The van der Waals surface area contributed by atoms with E-state index >= 15 is 0 Å². The predicted molar refractivity (Wildman–Crippen MR) is 115 cm³/mol. The number of halogens is 1. The molecule has 0 saturated heterocycles. The van der Waals surface area contributed by atoms with Crippen LogP contribution in [0.1, 0.15) is 45.6 Å². The average Bonchev–Trinajstić information content (AvgIpc) is 2.59. The van der Waals surface area contributed by atoms with E-state index in [1.165, 1.54) is 0 Å². The van der Waals surface area contributed by atoms with Crippen LogP contribution in [0.2, 0.25) is 0 Å². The van der Waals surface area contributed by atoms with Gasteiger partial charge in [0.1, 0.15) is 12.2 Å². The third kappa shape index (κ3) is 12.3. The topological polar surface area (TPSA) is 76.7 Å². The average molecular weight is 488 g/mol. The first-order valence-electron chi connectivity index (χ1n) is 9.01. The maximum atomic E-state index is 11.9. The molecule has 2 amide bonds. The van der Waals surface area contributed by atoms with Crippen molar-refractivity contribution in [2.45, 2.75) is 58.3 Å². The van der Waals surface area contributed by atoms with Crippen LogP contribution in [0.25, 0.3) is 0 Å². The Balaban J connectivity index is 2.19. The molecule has 0 saturated carbocycles. The Bertz CT molecular complexity index is 600. The Morgan fingerprint density at radius 2 is 1.85 bits per heavy atom. The molecule has 0 spiro atoms. The summed E-state index contributed by atoms with van der Waals surface area (Å²) in [5, 5.41) is 5.59. The second-order valence-corrected chi connectivity index (χ2v) is 7.77. The second-order valence-electron chi connectivity index (χ2n) is 7.06. The van der Waals surface area contributed by atoms with Crippen LogP contribution in [0.4, 0.5) is 9.59 Å². The fourth-order valence-corrected chi connectivity index (χ4v) is 2.72. The highest BCUT2D eigenvalue weighted by molar-refractivity contribution is 14.1. The molecule has 1 aromatic rings. The van der Waals surface area contributed by atoms with Crippen molar-refractivity contribution in [2.24, 2.45) is 0 Å². The highest BCUT2D eigenvalue weighted by Crippen LogP contribution is 2.09. The molecular weight excluding hydrogens is 459 g/mol. The van der Waals surface area contributed by atoms with Gasteiger partial charge in [0.15, 0.2) is 0 Å². The van der Waals surface area contributed by atoms with E-state index in [9.17, 15) is 9.59 Å². The van der Waals surface area contributed by atoms with Crippen molar-refractivity contribution >= 4 is 34.8 Å². The minimum atomic E-state index is -0.521. The van der Waals surface area contributed by atoms with E-state index in [2.05, 4.69) is 33.2 Å². The molecule has 1 aromatic carbocycles. The molecule has 0 unspecified atom stereocenters. The molecule has 0 aromatic heterocycles. The highest BCUT2D eigenvalue weighted by Gasteiger charge is 2.18. The minimum absolute atomic E-state index is 0.0956. The number of hydrogen-bond acceptors (Lipinski definition) is 4. The van der Waals surface area contributed by atoms with Crippen molar-refractivity contribution in [3.05, 3.63) is 46.1 Å². The van der Waals surface area contributed by atoms with Crippen LogP contribution in [-0.4, -0.2) is 30.4 Å². The largest absolute Gasteiger partial charge is 0.445 e. The standard InChI is InChI=1S/C20H29IN2O4/c1-20(2,3)27-19(25)23-17(12-13-21)11-7-8-14-22-18(24)26-15-16-9-5-4-6-10-16/h4-6,9-10,12-13,17H,7-8,11,14-15H2,1-3H3,(H,22,24)(H,23,25)/b13-12+/t17-/m0/s1. The first kappa shape index (κ1) is 23.3. The number of carbonyl (C=O) groups is 2. The van der Waals surface area contributed by atoms with Gasteiger partial charge in [0.25, 0.3) is 0 Å². The van der Waals surface area contributed by atoms with Crippen LogP contribution in [0, 0.1) is 0 Å². The molecule has 0 aliphatic carbocycles. The van der Waals surface area contributed by atoms with Crippen molar-refractivity contribution in [3.8, 4) is 0 Å². The number of rotatable bonds is 9. The summed E-state index contributed by atoms with van der Waals surface area (Å²) in [6.07, 6.45) is 3.48. The van der Waals surface area contributed by atoms with Gasteiger partial charge in [-0.2, -0.15) is 0 Å². The molecule has 27 heavy (non-hydrogen) atoms. The van der Waals surface area contributed by atoms with Gasteiger partial charge < -0.3 is 20.1 Å². The molecule has 0 fully saturated rings. The Morgan fingerprint density at radius 1 is 1.15 bits per heavy atom. The quantitative estimate of drug-likeness (QED) is 0.382. The van der Waals surface area contributed by atoms with Gasteiger partial charge in [-0.25, -0.2) is 9.59 Å². The molecule has 0 heterocycles. The smallest absolute Gasteiger partial charge is 0.408 e. The predicted octanol–water partition coefficient (Wildman–Crippen LogP) is 4.93. The van der Waals surface area contributed by atoms with Crippen molar-refractivity contribution in [1.82, 2.24) is 10.6 Å². The van der Waals surface area contributed by atoms with E-state index in [-0.39, 0.29) is 12.6 Å². The maximum Gasteiger partial charge on any atom is 0.408 e. The van der Waals surface area contributed by atoms with Crippen molar-refractivity contribution in [2.75, 3.05) is 6.54 Å². The number of benzene rings is 1. The first-order valence-corrected chi connectivity index (χ1v) is 10.3. The van der Waals surface area contributed by atoms with Crippen LogP contribution < -0.4 is 10.6 Å². The van der Waals surface area contributed by atoms with E-state index in [1.54, 1.807) is 0 Å². The van der Waals surface area contributed by atoms with Crippen molar-refractivity contribution in [1.29, 1.82) is 0 Å². The minimum Gasteiger partial charge on any atom is -0.445 e. The second kappa shape index (κ2) is 12.6. The van der Waals surface area contributed by atoms with Gasteiger partial charge >= 0.3 is 12.2 Å². The first-order chi connectivity index (χ1) is 12.8. The zero-order chi connectivity index (χ0) is 20.1. The number of ether oxygens (including phenoxy) is 2. The lowest BCUT2D eigenvalue weighted by molar-refractivity contribution is 0.0512. The zero-order valence-corrected chi connectivity index (χ0v) is 18.3. The van der Waals surface area contributed by atoms with Crippen LogP contribution >= 0.6 is 22.6 Å². The fraction of sp³-hybridized carbons (Fsp3) is 0.500. The van der Waals surface area contributed by atoms with Crippen molar-refractivity contribution < 1.29 is 19.1 Å². The monoisotopic (exact) mass is 488 g/mol. The van der Waals surface area contributed by atoms with Gasteiger partial charge in [-0.3, -0.25) is 0 Å². The SMILES string of the molecule is CC(C)(C)OC(=O)N[C@H](/C=C/I)CCCCNC(=O)OCc1ccccc1. The molecule has 0 aliphatic rings. The molecule has 1 atom stereocenters. The van der Waals surface area contributed by atoms with Crippen LogP contribution in [0.15, 0.2) is 40.5 Å². The van der Waals surface area contributed by atoms with Gasteiger partial charge in [0.2, 0.25) is 0 Å². The normalized spacial score (nSPS) is 12.4. The van der Waals surface area contributed by atoms with E-state index in [1.807, 2.05) is 61.3 Å². The Labute approximate surface area is 175 Å². The number of carbonyl (C=O) groups excluding carboxylic acids is 2. The number of nitrogens with one attached hydrogen (secondary N) is 2. The Hall–Kier alpha value is -1.77. The van der Waals surface area contributed by atoms with E-state index in [4.69, 9.17) is 9.47 Å². The number of amides is 2. The van der Waals surface area contributed by atoms with Gasteiger partial charge in [-0.15, -0.1) is 0 Å². The molecular formula is C20H29IN2O4. The molecule has 150 valence electrons. The fourth-order valence-electron chi connectivity index (χ4n) is 2.22. The summed E-state index contributed by atoms with van der Waals surface area (Å²) in [5.41, 5.74) is 0.432. The zero-order valence-electron chi connectivity index (χ0n) is 16.2. The lowest BCUT2D eigenvalue weighted by Gasteiger charge is -2.22. The van der Waals surface area contributed by atoms with E-state index in [0.29, 0.717) is 6.54 Å². The molecule has 0 bridgehead atoms. The Kier molecular flexibility index (Phi) is 10.8. The lowest BCUT2D eigenvalue weighted by atomic mass is 10.1. The summed E-state index contributed by atoms with van der Waals surface area (Å²) in [4.78, 5) is 23.5. The third-order valence-electron chi connectivity index (χ3n) is 3.43. The third-order valence-corrected chi connectivity index (χ3v) is 3.85. The van der Waals surface area contributed by atoms with Crippen molar-refractivity contribution in [3.63, 3.8) is 0 Å². The molecule has 1 rings (SSSR count). The van der Waals surface area contributed by atoms with E-state index < -0.39 is 17.8 Å².